The third-order valence-electron chi connectivity index (χ3n) is 3.57. The second-order valence-electron chi connectivity index (χ2n) is 5.30. The van der Waals surface area contributed by atoms with Crippen molar-refractivity contribution in [2.24, 2.45) is 0 Å². The van der Waals surface area contributed by atoms with E-state index >= 15 is 0 Å². The Labute approximate surface area is 301 Å². The summed E-state index contributed by atoms with van der Waals surface area (Å²) in [6.45, 7) is -0.587. The normalized spacial score (nSPS) is 26.3. The maximum absolute atomic E-state index is 11.8. The molecule has 0 saturated carbocycles. The average molecular weight is 1240 g/mol. The van der Waals surface area contributed by atoms with Gasteiger partial charge in [0.1, 0.15) is 31.0 Å². The van der Waals surface area contributed by atoms with E-state index in [0.717, 1.165) is 5.56 Å². The van der Waals surface area contributed by atoms with E-state index in [1.165, 1.54) is 0 Å². The van der Waals surface area contributed by atoms with Crippen molar-refractivity contribution in [2.45, 2.75) is 37.3 Å². The molecule has 2 rings (SSSR count). The fraction of sp³-hybridized carbons (Fsp3) is 0.533. The topological polar surface area (TPSA) is 128 Å². The molecule has 1 aliphatic heterocycles. The Hall–Kier alpha value is 4.22. The van der Waals surface area contributed by atoms with Gasteiger partial charge in [-0.15, -0.1) is 0 Å². The van der Waals surface area contributed by atoms with Gasteiger partial charge in [0.05, 0.1) is 13.2 Å². The molecule has 1 aromatic carbocycles. The van der Waals surface area contributed by atoms with Gasteiger partial charge in [-0.05, 0) is 5.56 Å². The number of aliphatic hydroxyl groups is 4. The number of carbonyl (C=O) groups excluding carboxylic acids is 1. The monoisotopic (exact) mass is 1240 g/mol. The minimum Gasteiger partial charge on any atom is -0.394 e. The molecular weight excluding hydrogens is 1210 g/mol. The molecule has 5 N–H and O–H groups in total. The van der Waals surface area contributed by atoms with Gasteiger partial charge in [0.15, 0.2) is 6.29 Å². The van der Waals surface area contributed by atoms with Crippen molar-refractivity contribution in [3.8, 4) is 0 Å². The first-order valence-electron chi connectivity index (χ1n) is 7.24. The second kappa shape index (κ2) is 19.7. The first kappa shape index (κ1) is 35.8. The molecule has 27 heavy (non-hydrogen) atoms. The number of amides is 1. The fourth-order valence-corrected chi connectivity index (χ4v) is 2.32. The number of benzene rings is 1. The number of nitrogens with one attached hydrogen (secondary N) is 1. The smallest absolute Gasteiger partial charge is 0.246 e. The SMILES string of the molecule is O=C(COCc1ccccc1)NC1C(O)OC(CO)[C@@H](O)C1O.[Ac].[Ac].[Ac].[Ac]. The van der Waals surface area contributed by atoms with Crippen LogP contribution in [-0.4, -0.2) is 70.2 Å². The summed E-state index contributed by atoms with van der Waals surface area (Å²) in [5, 5.41) is 40.7. The Morgan fingerprint density at radius 2 is 1.63 bits per heavy atom. The standard InChI is InChI=1S/C15H21NO7.4Ac/c17-6-10-13(19)14(20)12(15(21)23-10)16-11(18)8-22-7-9-4-2-1-3-5-9;;;;/h1-5,10,12-15,17,19-21H,6-8H2,(H,16,18);;;;/t10?,12?,13-,14?,15?;;;;/m1..../s1. The van der Waals surface area contributed by atoms with Gasteiger partial charge in [0.2, 0.25) is 5.91 Å². The van der Waals surface area contributed by atoms with E-state index in [9.17, 15) is 20.1 Å². The Morgan fingerprint density at radius 1 is 1.04 bits per heavy atom. The van der Waals surface area contributed by atoms with Crippen LogP contribution in [0.5, 0.6) is 0 Å². The molecule has 1 fully saturated rings. The van der Waals surface area contributed by atoms with Crippen LogP contribution >= 0.6 is 0 Å². The first-order valence-corrected chi connectivity index (χ1v) is 7.24. The predicted molar refractivity (Wildman–Crippen MR) is 78.0 cm³/mol. The van der Waals surface area contributed by atoms with E-state index in [-0.39, 0.29) is 189 Å². The predicted octanol–water partition coefficient (Wildman–Crippen LogP) is -1.88. The van der Waals surface area contributed by atoms with Gasteiger partial charge in [-0.25, -0.2) is 0 Å². The van der Waals surface area contributed by atoms with Crippen LogP contribution in [-0.2, 0) is 20.9 Å². The molecule has 0 bridgehead atoms. The summed E-state index contributed by atoms with van der Waals surface area (Å²) >= 11 is 0. The third-order valence-corrected chi connectivity index (χ3v) is 3.57. The van der Waals surface area contributed by atoms with Gasteiger partial charge >= 0.3 is 0 Å². The van der Waals surface area contributed by atoms with Gasteiger partial charge in [-0.3, -0.25) is 4.79 Å². The molecule has 140 valence electrons. The molecule has 4 radical (unpaired) electrons. The van der Waals surface area contributed by atoms with Gasteiger partial charge in [0, 0.05) is 176 Å². The average Bonchev–Trinajstić information content (AvgIpc) is 2.56. The molecule has 0 spiro atoms. The van der Waals surface area contributed by atoms with E-state index in [2.05, 4.69) is 5.32 Å². The van der Waals surface area contributed by atoms with Crippen molar-refractivity contribution < 1.29 is 211 Å². The summed E-state index contributed by atoms with van der Waals surface area (Å²) in [6.07, 6.45) is -5.53. The van der Waals surface area contributed by atoms with E-state index in [0.29, 0.717) is 0 Å². The molecule has 1 amide bonds. The van der Waals surface area contributed by atoms with Crippen LogP contribution in [0, 0.1) is 176 Å². The Balaban J connectivity index is -0.00000144. The quantitative estimate of drug-likeness (QED) is 0.226. The van der Waals surface area contributed by atoms with E-state index < -0.39 is 43.2 Å². The van der Waals surface area contributed by atoms with Crippen molar-refractivity contribution in [2.75, 3.05) is 13.2 Å². The van der Waals surface area contributed by atoms with Gasteiger partial charge in [0.25, 0.3) is 0 Å². The van der Waals surface area contributed by atoms with Gasteiger partial charge < -0.3 is 35.2 Å². The molecular formula is C15H21Ac4NO7. The zero-order valence-electron chi connectivity index (χ0n) is 14.7. The Kier molecular flexibility index (Phi) is 26.1. The van der Waals surface area contributed by atoms with Crippen LogP contribution < -0.4 is 5.32 Å². The summed E-state index contributed by atoms with van der Waals surface area (Å²) in [5.41, 5.74) is 0.905. The molecule has 5 atom stereocenters. The summed E-state index contributed by atoms with van der Waals surface area (Å²) in [4.78, 5) is 11.8. The largest absolute Gasteiger partial charge is 0.394 e. The summed E-state index contributed by atoms with van der Waals surface area (Å²) in [5.74, 6) is -0.567. The summed E-state index contributed by atoms with van der Waals surface area (Å²) in [7, 11) is 0. The van der Waals surface area contributed by atoms with Crippen LogP contribution in [0.3, 0.4) is 0 Å². The number of rotatable bonds is 6. The van der Waals surface area contributed by atoms with Crippen molar-refractivity contribution in [1.29, 1.82) is 0 Å². The zero-order valence-corrected chi connectivity index (χ0v) is 33.7. The fourth-order valence-electron chi connectivity index (χ4n) is 2.32. The van der Waals surface area contributed by atoms with Gasteiger partial charge in [-0.1, -0.05) is 30.3 Å². The molecule has 0 aliphatic carbocycles. The van der Waals surface area contributed by atoms with Crippen LogP contribution in [0.15, 0.2) is 30.3 Å². The summed E-state index contributed by atoms with van der Waals surface area (Å²) < 4.78 is 10.2. The van der Waals surface area contributed by atoms with Crippen LogP contribution in [0.4, 0.5) is 0 Å². The van der Waals surface area contributed by atoms with Crippen molar-refractivity contribution in [3.63, 3.8) is 0 Å². The van der Waals surface area contributed by atoms with Crippen molar-refractivity contribution in [3.05, 3.63) is 35.9 Å². The number of carbonyl (C=O) groups is 1. The molecule has 1 aliphatic rings. The van der Waals surface area contributed by atoms with E-state index in [1.807, 2.05) is 30.3 Å². The number of ether oxygens (including phenoxy) is 2. The number of hydrogen-bond acceptors (Lipinski definition) is 7. The molecule has 12 heteroatoms. The molecule has 4 unspecified atom stereocenters. The molecule has 1 saturated heterocycles. The summed E-state index contributed by atoms with van der Waals surface area (Å²) in [6, 6.07) is 8.07. The Morgan fingerprint density at radius 3 is 2.19 bits per heavy atom. The Bertz CT molecular complexity index is 514. The molecule has 8 nitrogen and oxygen atoms in total. The molecule has 1 aromatic rings. The maximum atomic E-state index is 11.8. The third kappa shape index (κ3) is 12.3. The maximum Gasteiger partial charge on any atom is 0.246 e. The van der Waals surface area contributed by atoms with E-state index in [1.54, 1.807) is 0 Å². The van der Waals surface area contributed by atoms with Crippen molar-refractivity contribution in [1.82, 2.24) is 5.32 Å². The van der Waals surface area contributed by atoms with Crippen LogP contribution in [0.2, 0.25) is 0 Å². The number of hydrogen-bond donors (Lipinski definition) is 5. The van der Waals surface area contributed by atoms with Gasteiger partial charge in [-0.2, -0.15) is 0 Å². The molecule has 0 aromatic heterocycles. The zero-order chi connectivity index (χ0) is 16.8. The minimum absolute atomic E-state index is 0. The van der Waals surface area contributed by atoms with Crippen molar-refractivity contribution >= 4 is 5.91 Å². The molecule has 1 heterocycles. The second-order valence-corrected chi connectivity index (χ2v) is 5.30. The first-order chi connectivity index (χ1) is 11.0. The van der Waals surface area contributed by atoms with Crippen LogP contribution in [0.25, 0.3) is 0 Å². The van der Waals surface area contributed by atoms with Crippen LogP contribution in [0.1, 0.15) is 5.56 Å². The van der Waals surface area contributed by atoms with E-state index in [4.69, 9.17) is 14.6 Å². The number of aliphatic hydroxyl groups excluding tert-OH is 4. The minimum atomic E-state index is -1.54.